The highest BCUT2D eigenvalue weighted by Crippen LogP contribution is 2.47. The molecule has 0 spiro atoms. The smallest absolute Gasteiger partial charge is 0.237 e. The van der Waals surface area contributed by atoms with E-state index in [4.69, 9.17) is 4.98 Å². The second-order valence-corrected chi connectivity index (χ2v) is 8.12. The summed E-state index contributed by atoms with van der Waals surface area (Å²) in [4.78, 5) is 16.0. The molecule has 3 aromatic heterocycles. The maximum absolute atomic E-state index is 14.5. The summed E-state index contributed by atoms with van der Waals surface area (Å²) < 4.78 is 31.9. The quantitative estimate of drug-likeness (QED) is 0.488. The van der Waals surface area contributed by atoms with Gasteiger partial charge in [-0.3, -0.25) is 9.13 Å². The topological polar surface area (TPSA) is 77.5 Å². The zero-order chi connectivity index (χ0) is 21.9. The lowest BCUT2D eigenvalue weighted by Gasteiger charge is -2.49. The molecule has 6 rings (SSSR count). The maximum atomic E-state index is 14.5. The number of rotatable bonds is 3. The summed E-state index contributed by atoms with van der Waals surface area (Å²) in [6, 6.07) is 4.03. The first kappa shape index (κ1) is 19.0. The third-order valence-electron chi connectivity index (χ3n) is 6.59. The Balaban J connectivity index is 1.53. The summed E-state index contributed by atoms with van der Waals surface area (Å²) >= 11 is 0. The van der Waals surface area contributed by atoms with Crippen LogP contribution >= 0.6 is 0 Å². The summed E-state index contributed by atoms with van der Waals surface area (Å²) in [7, 11) is 0. The minimum absolute atomic E-state index is 0.0540. The molecule has 1 aromatic carbocycles. The van der Waals surface area contributed by atoms with Gasteiger partial charge in [-0.2, -0.15) is 4.98 Å². The van der Waals surface area contributed by atoms with E-state index < -0.39 is 11.6 Å². The normalized spacial score (nSPS) is 19.4. The molecule has 2 aliphatic heterocycles. The van der Waals surface area contributed by atoms with E-state index in [9.17, 15) is 8.78 Å². The summed E-state index contributed by atoms with van der Waals surface area (Å²) in [5, 5.41) is 8.62. The Morgan fingerprint density at radius 1 is 1.12 bits per heavy atom. The van der Waals surface area contributed by atoms with Crippen LogP contribution in [0.25, 0.3) is 23.0 Å². The van der Waals surface area contributed by atoms with Gasteiger partial charge in [0.1, 0.15) is 23.4 Å². The molecule has 0 unspecified atom stereocenters. The van der Waals surface area contributed by atoms with Crippen LogP contribution in [0.2, 0.25) is 0 Å². The first-order chi connectivity index (χ1) is 15.6. The van der Waals surface area contributed by atoms with Gasteiger partial charge in [0.15, 0.2) is 23.3 Å². The van der Waals surface area contributed by atoms with Crippen LogP contribution in [0, 0.1) is 11.6 Å². The summed E-state index contributed by atoms with van der Waals surface area (Å²) in [5.74, 6) is 0.393. The summed E-state index contributed by atoms with van der Waals surface area (Å²) in [6.07, 6.45) is 10.6. The van der Waals surface area contributed by atoms with Gasteiger partial charge >= 0.3 is 0 Å². The molecule has 10 heteroatoms. The molecule has 1 fully saturated rings. The van der Waals surface area contributed by atoms with E-state index in [-0.39, 0.29) is 16.9 Å². The third-order valence-corrected chi connectivity index (χ3v) is 6.59. The van der Waals surface area contributed by atoms with Crippen LogP contribution < -0.4 is 4.90 Å². The number of hydrogen-bond acceptors (Lipinski definition) is 6. The molecule has 1 saturated heterocycles. The fourth-order valence-electron chi connectivity index (χ4n) is 5.01. The summed E-state index contributed by atoms with van der Waals surface area (Å²) in [6.45, 7) is 3.00. The fraction of sp³-hybridized carbons (Fsp3) is 0.318. The van der Waals surface area contributed by atoms with E-state index in [1.54, 1.807) is 23.3 Å². The average Bonchev–Trinajstić information content (AvgIpc) is 3.51. The van der Waals surface area contributed by atoms with E-state index in [0.717, 1.165) is 55.6 Å². The van der Waals surface area contributed by atoms with Gasteiger partial charge in [-0.1, -0.05) is 13.0 Å². The van der Waals surface area contributed by atoms with Crippen molar-refractivity contribution in [2.75, 3.05) is 11.4 Å². The second kappa shape index (κ2) is 6.91. The van der Waals surface area contributed by atoms with Gasteiger partial charge in [-0.05, 0) is 37.8 Å². The maximum Gasteiger partial charge on any atom is 0.237 e. The van der Waals surface area contributed by atoms with E-state index in [1.165, 1.54) is 18.3 Å². The van der Waals surface area contributed by atoms with Crippen LogP contribution in [0.3, 0.4) is 0 Å². The van der Waals surface area contributed by atoms with Gasteiger partial charge in [0.05, 0.1) is 11.8 Å². The Hall–Kier alpha value is -3.69. The van der Waals surface area contributed by atoms with Gasteiger partial charge in [0, 0.05) is 18.9 Å². The molecule has 1 atom stereocenters. The number of piperidine rings is 1. The number of aromatic nitrogens is 7. The molecule has 0 saturated carbocycles. The molecule has 0 N–H and O–H groups in total. The van der Waals surface area contributed by atoms with Crippen LogP contribution in [0.15, 0.2) is 43.1 Å². The molecule has 162 valence electrons. The first-order valence-corrected chi connectivity index (χ1v) is 10.7. The Bertz CT molecular complexity index is 1330. The second-order valence-electron chi connectivity index (χ2n) is 8.12. The molecule has 0 aliphatic carbocycles. The lowest BCUT2D eigenvalue weighted by molar-refractivity contribution is 0.274. The molecule has 8 nitrogen and oxygen atoms in total. The van der Waals surface area contributed by atoms with E-state index >= 15 is 0 Å². The highest BCUT2D eigenvalue weighted by atomic mass is 19.2. The molecule has 5 heterocycles. The van der Waals surface area contributed by atoms with Crippen molar-refractivity contribution < 1.29 is 8.78 Å². The van der Waals surface area contributed by atoms with Crippen LogP contribution in [0.5, 0.6) is 0 Å². The number of anilines is 1. The largest absolute Gasteiger partial charge is 0.342 e. The van der Waals surface area contributed by atoms with Crippen molar-refractivity contribution in [1.29, 1.82) is 0 Å². The Kier molecular flexibility index (Phi) is 4.11. The van der Waals surface area contributed by atoms with Crippen LogP contribution in [-0.4, -0.2) is 40.8 Å². The lowest BCUT2D eigenvalue weighted by atomic mass is 9.82. The zero-order valence-electron chi connectivity index (χ0n) is 17.4. The number of imidazole rings is 1. The van der Waals surface area contributed by atoms with Gasteiger partial charge in [0.25, 0.3) is 0 Å². The number of fused-ring (bicyclic) bond motifs is 6. The standard InChI is InChI=1S/C22H20F2N8/c1-2-22-8-3-4-10-32(22)19-16(31-13-27-29-20(22)31)12-26-21(28-19)30-11-9-25-18(30)14-6-5-7-15(23)17(14)24/h5-7,9,11-13H,2-4,8,10H2,1H3/t22-/m1/s1. The van der Waals surface area contributed by atoms with Crippen molar-refractivity contribution in [2.45, 2.75) is 38.1 Å². The average molecular weight is 434 g/mol. The van der Waals surface area contributed by atoms with Gasteiger partial charge in [0.2, 0.25) is 5.95 Å². The van der Waals surface area contributed by atoms with Crippen molar-refractivity contribution in [3.8, 4) is 23.0 Å². The highest BCUT2D eigenvalue weighted by Gasteiger charge is 2.48. The van der Waals surface area contributed by atoms with Crippen LogP contribution in [-0.2, 0) is 5.54 Å². The van der Waals surface area contributed by atoms with Gasteiger partial charge in [-0.25, -0.2) is 18.7 Å². The molecule has 2 aliphatic rings. The van der Waals surface area contributed by atoms with Crippen molar-refractivity contribution >= 4 is 5.82 Å². The number of hydrogen-bond donors (Lipinski definition) is 0. The monoisotopic (exact) mass is 434 g/mol. The van der Waals surface area contributed by atoms with Crippen LogP contribution in [0.4, 0.5) is 14.6 Å². The highest BCUT2D eigenvalue weighted by molar-refractivity contribution is 5.65. The Labute approximate surface area is 182 Å². The molecule has 4 aromatic rings. The molecule has 32 heavy (non-hydrogen) atoms. The van der Waals surface area contributed by atoms with Crippen molar-refractivity contribution in [3.05, 3.63) is 60.6 Å². The molecule has 0 bridgehead atoms. The van der Waals surface area contributed by atoms with Crippen molar-refractivity contribution in [1.82, 2.24) is 34.3 Å². The minimum atomic E-state index is -0.951. The lowest BCUT2D eigenvalue weighted by Crippen LogP contribution is -2.53. The number of nitrogens with zero attached hydrogens (tertiary/aromatic N) is 8. The Morgan fingerprint density at radius 2 is 2.03 bits per heavy atom. The van der Waals surface area contributed by atoms with Gasteiger partial charge < -0.3 is 4.90 Å². The van der Waals surface area contributed by atoms with E-state index in [1.807, 2.05) is 4.57 Å². The zero-order valence-corrected chi connectivity index (χ0v) is 17.4. The molecule has 0 amide bonds. The molecular formula is C22H20F2N8. The Morgan fingerprint density at radius 3 is 2.91 bits per heavy atom. The molecule has 0 radical (unpaired) electrons. The van der Waals surface area contributed by atoms with Crippen LogP contribution in [0.1, 0.15) is 38.4 Å². The minimum Gasteiger partial charge on any atom is -0.342 e. The van der Waals surface area contributed by atoms with E-state index in [0.29, 0.717) is 5.95 Å². The fourth-order valence-corrected chi connectivity index (χ4v) is 5.01. The summed E-state index contributed by atoms with van der Waals surface area (Å²) in [5.41, 5.74) is 0.580. The van der Waals surface area contributed by atoms with Crippen molar-refractivity contribution in [2.24, 2.45) is 0 Å². The number of halogens is 2. The SMILES string of the molecule is CC[C@]12CCCCN1c1nc(-n3ccnc3-c3cccc(F)c3F)ncc1-n1cnnc12. The van der Waals surface area contributed by atoms with Crippen molar-refractivity contribution in [3.63, 3.8) is 0 Å². The third kappa shape index (κ3) is 2.49. The first-order valence-electron chi connectivity index (χ1n) is 10.7. The predicted molar refractivity (Wildman–Crippen MR) is 113 cm³/mol. The predicted octanol–water partition coefficient (Wildman–Crippen LogP) is 3.80. The van der Waals surface area contributed by atoms with E-state index in [2.05, 4.69) is 32.0 Å². The molecular weight excluding hydrogens is 414 g/mol. The number of benzene rings is 1. The van der Waals surface area contributed by atoms with Gasteiger partial charge in [-0.15, -0.1) is 10.2 Å².